The zero-order valence-corrected chi connectivity index (χ0v) is 13.4. The van der Waals surface area contributed by atoms with Crippen molar-refractivity contribution in [1.82, 2.24) is 4.72 Å². The Hall–Kier alpha value is -1.12. The van der Waals surface area contributed by atoms with Crippen LogP contribution < -0.4 is 4.72 Å². The molecule has 0 aliphatic carbocycles. The van der Waals surface area contributed by atoms with Gasteiger partial charge in [0, 0.05) is 6.54 Å². The van der Waals surface area contributed by atoms with Crippen molar-refractivity contribution < 1.29 is 26.7 Å². The van der Waals surface area contributed by atoms with E-state index in [1.54, 1.807) is 13.8 Å². The number of halogens is 3. The molecule has 1 unspecified atom stereocenters. The predicted octanol–water partition coefficient (Wildman–Crippen LogP) is 2.53. The molecule has 0 amide bonds. The molecular weight excluding hydrogens is 319 g/mol. The number of aliphatic hydroxyl groups is 1. The van der Waals surface area contributed by atoms with Crippen LogP contribution in [0.1, 0.15) is 31.9 Å². The first-order valence-electron chi connectivity index (χ1n) is 6.70. The van der Waals surface area contributed by atoms with E-state index in [4.69, 9.17) is 0 Å². The summed E-state index contributed by atoms with van der Waals surface area (Å²) in [6, 6.07) is 4.53. The summed E-state index contributed by atoms with van der Waals surface area (Å²) in [5, 5.41) is 10.00. The minimum atomic E-state index is -4.62. The van der Waals surface area contributed by atoms with E-state index < -0.39 is 33.1 Å². The lowest BCUT2D eigenvalue weighted by molar-refractivity contribution is -0.138. The van der Waals surface area contributed by atoms with E-state index in [1.807, 2.05) is 0 Å². The standard InChI is InChI=1S/C14H20F3NO3S/c1-10(2)13(3,19)9-18-22(20,21)8-11-6-4-5-7-12(11)14(15,16)17/h4-7,10,18-19H,8-9H2,1-3H3. The Bertz CT molecular complexity index is 610. The number of hydrogen-bond acceptors (Lipinski definition) is 3. The molecule has 0 saturated carbocycles. The fourth-order valence-electron chi connectivity index (χ4n) is 1.64. The van der Waals surface area contributed by atoms with Crippen molar-refractivity contribution in [2.45, 2.75) is 38.3 Å². The first kappa shape index (κ1) is 18.9. The summed E-state index contributed by atoms with van der Waals surface area (Å²) in [5.41, 5.74) is -2.58. The maximum absolute atomic E-state index is 12.8. The lowest BCUT2D eigenvalue weighted by atomic mass is 9.93. The molecule has 0 bridgehead atoms. The van der Waals surface area contributed by atoms with Crippen molar-refractivity contribution in [3.63, 3.8) is 0 Å². The van der Waals surface area contributed by atoms with E-state index in [2.05, 4.69) is 4.72 Å². The molecule has 0 aromatic heterocycles. The van der Waals surface area contributed by atoms with Crippen molar-refractivity contribution in [1.29, 1.82) is 0 Å². The fraction of sp³-hybridized carbons (Fsp3) is 0.571. The van der Waals surface area contributed by atoms with Gasteiger partial charge in [0.25, 0.3) is 0 Å². The Labute approximate surface area is 128 Å². The van der Waals surface area contributed by atoms with Crippen molar-refractivity contribution in [3.8, 4) is 0 Å². The Balaban J connectivity index is 2.91. The number of sulfonamides is 1. The van der Waals surface area contributed by atoms with Gasteiger partial charge in [-0.05, 0) is 24.5 Å². The summed E-state index contributed by atoms with van der Waals surface area (Å²) in [6.07, 6.45) is -4.62. The molecule has 0 spiro atoms. The van der Waals surface area contributed by atoms with Gasteiger partial charge in [0.05, 0.1) is 16.9 Å². The smallest absolute Gasteiger partial charge is 0.389 e. The third-order valence-corrected chi connectivity index (χ3v) is 4.84. The number of alkyl halides is 3. The van der Waals surface area contributed by atoms with Crippen LogP contribution in [-0.2, 0) is 22.0 Å². The third-order valence-electron chi connectivity index (χ3n) is 3.56. The maximum Gasteiger partial charge on any atom is 0.416 e. The zero-order chi connectivity index (χ0) is 17.2. The number of rotatable bonds is 6. The monoisotopic (exact) mass is 339 g/mol. The summed E-state index contributed by atoms with van der Waals surface area (Å²) in [7, 11) is -3.99. The molecule has 1 rings (SSSR count). The molecule has 8 heteroatoms. The molecule has 0 aliphatic heterocycles. The van der Waals surface area contributed by atoms with Gasteiger partial charge in [-0.1, -0.05) is 32.0 Å². The van der Waals surface area contributed by atoms with Crippen LogP contribution in [0.15, 0.2) is 24.3 Å². The lowest BCUT2D eigenvalue weighted by Crippen LogP contribution is -2.44. The van der Waals surface area contributed by atoms with Gasteiger partial charge in [-0.2, -0.15) is 13.2 Å². The maximum atomic E-state index is 12.8. The Kier molecular flexibility index (Phi) is 5.64. The zero-order valence-electron chi connectivity index (χ0n) is 12.6. The molecule has 1 atom stereocenters. The molecule has 1 aromatic carbocycles. The Morgan fingerprint density at radius 2 is 1.77 bits per heavy atom. The first-order valence-corrected chi connectivity index (χ1v) is 8.35. The van der Waals surface area contributed by atoms with Crippen molar-refractivity contribution >= 4 is 10.0 Å². The van der Waals surface area contributed by atoms with Gasteiger partial charge in [-0.15, -0.1) is 0 Å². The van der Waals surface area contributed by atoms with Crippen LogP contribution in [0.3, 0.4) is 0 Å². The van der Waals surface area contributed by atoms with Crippen LogP contribution in [0.25, 0.3) is 0 Å². The highest BCUT2D eigenvalue weighted by molar-refractivity contribution is 7.88. The van der Waals surface area contributed by atoms with Crippen LogP contribution in [0.2, 0.25) is 0 Å². The second-order valence-corrected chi connectivity index (χ2v) is 7.55. The van der Waals surface area contributed by atoms with E-state index in [-0.39, 0.29) is 18.0 Å². The second-order valence-electron chi connectivity index (χ2n) is 5.75. The molecule has 0 saturated heterocycles. The van der Waals surface area contributed by atoms with Gasteiger partial charge >= 0.3 is 6.18 Å². The van der Waals surface area contributed by atoms with Gasteiger partial charge < -0.3 is 5.11 Å². The summed E-state index contributed by atoms with van der Waals surface area (Å²) in [6.45, 7) is 4.63. The number of hydrogen-bond donors (Lipinski definition) is 2. The van der Waals surface area contributed by atoms with Crippen LogP contribution in [-0.4, -0.2) is 25.7 Å². The van der Waals surface area contributed by atoms with Crippen LogP contribution >= 0.6 is 0 Å². The van der Waals surface area contributed by atoms with E-state index in [1.165, 1.54) is 19.1 Å². The van der Waals surface area contributed by atoms with Crippen LogP contribution in [0.5, 0.6) is 0 Å². The minimum Gasteiger partial charge on any atom is -0.389 e. The molecule has 0 radical (unpaired) electrons. The number of benzene rings is 1. The van der Waals surface area contributed by atoms with Crippen LogP contribution in [0.4, 0.5) is 13.2 Å². The number of nitrogens with one attached hydrogen (secondary N) is 1. The summed E-state index contributed by atoms with van der Waals surface area (Å²) in [4.78, 5) is 0. The highest BCUT2D eigenvalue weighted by atomic mass is 32.2. The van der Waals surface area contributed by atoms with Gasteiger partial charge in [0.15, 0.2) is 0 Å². The molecule has 1 aromatic rings. The topological polar surface area (TPSA) is 66.4 Å². The largest absolute Gasteiger partial charge is 0.416 e. The highest BCUT2D eigenvalue weighted by Crippen LogP contribution is 2.32. The minimum absolute atomic E-state index is 0.210. The first-order chi connectivity index (χ1) is 9.85. The fourth-order valence-corrected chi connectivity index (χ4v) is 2.91. The normalized spacial score (nSPS) is 15.8. The van der Waals surface area contributed by atoms with Crippen molar-refractivity contribution in [3.05, 3.63) is 35.4 Å². The quantitative estimate of drug-likeness (QED) is 0.837. The third kappa shape index (κ3) is 5.26. The molecule has 2 N–H and O–H groups in total. The Morgan fingerprint density at radius 3 is 2.27 bits per heavy atom. The summed E-state index contributed by atoms with van der Waals surface area (Å²) < 4.78 is 64.6. The average molecular weight is 339 g/mol. The summed E-state index contributed by atoms with van der Waals surface area (Å²) >= 11 is 0. The molecule has 126 valence electrons. The van der Waals surface area contributed by atoms with E-state index in [0.717, 1.165) is 12.1 Å². The lowest BCUT2D eigenvalue weighted by Gasteiger charge is -2.27. The van der Waals surface area contributed by atoms with E-state index in [9.17, 15) is 26.7 Å². The average Bonchev–Trinajstić information content (AvgIpc) is 2.35. The van der Waals surface area contributed by atoms with Crippen molar-refractivity contribution in [2.24, 2.45) is 5.92 Å². The molecule has 0 aliphatic rings. The molecule has 0 heterocycles. The molecule has 0 fully saturated rings. The SMILES string of the molecule is CC(C)C(C)(O)CNS(=O)(=O)Cc1ccccc1C(F)(F)F. The molecule has 4 nitrogen and oxygen atoms in total. The molecular formula is C14H20F3NO3S. The van der Waals surface area contributed by atoms with Gasteiger partial charge in [-0.25, -0.2) is 13.1 Å². The summed E-state index contributed by atoms with van der Waals surface area (Å²) in [5.74, 6) is -1.01. The van der Waals surface area contributed by atoms with E-state index >= 15 is 0 Å². The van der Waals surface area contributed by atoms with Crippen LogP contribution in [0, 0.1) is 5.92 Å². The van der Waals surface area contributed by atoms with Gasteiger partial charge in [0.2, 0.25) is 10.0 Å². The van der Waals surface area contributed by atoms with Gasteiger partial charge in [0.1, 0.15) is 0 Å². The highest BCUT2D eigenvalue weighted by Gasteiger charge is 2.34. The van der Waals surface area contributed by atoms with Crippen molar-refractivity contribution in [2.75, 3.05) is 6.54 Å². The van der Waals surface area contributed by atoms with Gasteiger partial charge in [-0.3, -0.25) is 0 Å². The second kappa shape index (κ2) is 6.55. The Morgan fingerprint density at radius 1 is 1.23 bits per heavy atom. The molecule has 22 heavy (non-hydrogen) atoms. The predicted molar refractivity (Wildman–Crippen MR) is 77.5 cm³/mol. The van der Waals surface area contributed by atoms with E-state index in [0.29, 0.717) is 0 Å².